The van der Waals surface area contributed by atoms with E-state index in [1.807, 2.05) is 25.1 Å². The number of carbonyl (C=O) groups is 1. The highest BCUT2D eigenvalue weighted by atomic mass is 16.5. The molecule has 2 bridgehead atoms. The van der Waals surface area contributed by atoms with Crippen LogP contribution in [0, 0.1) is 5.92 Å². The van der Waals surface area contributed by atoms with Crippen molar-refractivity contribution >= 4 is 11.4 Å². The van der Waals surface area contributed by atoms with Crippen LogP contribution < -0.4 is 0 Å². The summed E-state index contributed by atoms with van der Waals surface area (Å²) < 4.78 is 6.03. The van der Waals surface area contributed by atoms with Gasteiger partial charge in [0.15, 0.2) is 5.78 Å². The zero-order chi connectivity index (χ0) is 14.1. The Morgan fingerprint density at radius 3 is 2.70 bits per heavy atom. The molecule has 0 spiro atoms. The van der Waals surface area contributed by atoms with Crippen LogP contribution in [0.4, 0.5) is 0 Å². The van der Waals surface area contributed by atoms with Gasteiger partial charge in [-0.15, -0.1) is 0 Å². The fourth-order valence-electron chi connectivity index (χ4n) is 3.12. The first kappa shape index (κ1) is 12.9. The largest absolute Gasteiger partial charge is 0.490 e. The lowest BCUT2D eigenvalue weighted by atomic mass is 9.85. The molecule has 0 amide bonds. The zero-order valence-electron chi connectivity index (χ0n) is 11.8. The molecule has 2 nitrogen and oxygen atoms in total. The molecule has 0 saturated heterocycles. The number of allylic oxidation sites excluding steroid dienone is 5. The van der Waals surface area contributed by atoms with Crippen molar-refractivity contribution in [1.29, 1.82) is 0 Å². The fraction of sp³-hybridized carbons (Fsp3) is 0.278. The van der Waals surface area contributed by atoms with Gasteiger partial charge in [-0.25, -0.2) is 0 Å². The van der Waals surface area contributed by atoms with Gasteiger partial charge in [-0.3, -0.25) is 4.79 Å². The van der Waals surface area contributed by atoms with Gasteiger partial charge in [-0.05, 0) is 31.4 Å². The summed E-state index contributed by atoms with van der Waals surface area (Å²) >= 11 is 0. The Labute approximate surface area is 119 Å². The van der Waals surface area contributed by atoms with Gasteiger partial charge in [0.25, 0.3) is 0 Å². The molecule has 1 aliphatic carbocycles. The third-order valence-corrected chi connectivity index (χ3v) is 3.99. The lowest BCUT2D eigenvalue weighted by Crippen LogP contribution is -2.27. The lowest BCUT2D eigenvalue weighted by Gasteiger charge is -2.31. The molecule has 2 aliphatic rings. The van der Waals surface area contributed by atoms with E-state index in [0.29, 0.717) is 0 Å². The first-order valence-electron chi connectivity index (χ1n) is 6.99. The summed E-state index contributed by atoms with van der Waals surface area (Å²) in [5.41, 5.74) is 3.19. The number of hydrogen-bond donors (Lipinski definition) is 0. The van der Waals surface area contributed by atoms with E-state index in [2.05, 4.69) is 30.4 Å². The second-order valence-corrected chi connectivity index (χ2v) is 5.35. The van der Waals surface area contributed by atoms with Crippen molar-refractivity contribution in [1.82, 2.24) is 0 Å². The molecule has 1 aromatic carbocycles. The molecule has 1 aromatic rings. The summed E-state index contributed by atoms with van der Waals surface area (Å²) in [5.74, 6) is 1.05. The number of fused-ring (bicyclic) bond motifs is 2. The average molecular weight is 266 g/mol. The molecule has 2 heteroatoms. The maximum atomic E-state index is 11.8. The van der Waals surface area contributed by atoms with Gasteiger partial charge >= 0.3 is 0 Å². The predicted octanol–water partition coefficient (Wildman–Crippen LogP) is 3.91. The Balaban J connectivity index is 2.00. The predicted molar refractivity (Wildman–Crippen MR) is 79.9 cm³/mol. The van der Waals surface area contributed by atoms with E-state index in [1.54, 1.807) is 6.92 Å². The Hall–Kier alpha value is -2.09. The van der Waals surface area contributed by atoms with Crippen LogP contribution in [0.15, 0.2) is 59.9 Å². The molecule has 1 aliphatic heterocycles. The van der Waals surface area contributed by atoms with Crippen molar-refractivity contribution in [2.75, 3.05) is 0 Å². The molecule has 0 fully saturated rings. The fourth-order valence-corrected chi connectivity index (χ4v) is 3.12. The Morgan fingerprint density at radius 2 is 2.00 bits per heavy atom. The zero-order valence-corrected chi connectivity index (χ0v) is 11.8. The minimum absolute atomic E-state index is 0.0282. The van der Waals surface area contributed by atoms with Crippen LogP contribution in [0.3, 0.4) is 0 Å². The first-order chi connectivity index (χ1) is 9.66. The summed E-state index contributed by atoms with van der Waals surface area (Å²) in [6, 6.07) is 10.3. The molecule has 20 heavy (non-hydrogen) atoms. The van der Waals surface area contributed by atoms with Gasteiger partial charge in [0, 0.05) is 11.5 Å². The smallest absolute Gasteiger partial charge is 0.159 e. The molecule has 3 rings (SSSR count). The number of rotatable bonds is 2. The third-order valence-electron chi connectivity index (χ3n) is 3.99. The highest BCUT2D eigenvalue weighted by molar-refractivity contribution is 5.95. The SMILES string of the molecule is CC(=O)C1=C(C)O[C@@H]2C[C@H]1C=CC=C2c1ccccc1. The number of carbonyl (C=O) groups excluding carboxylic acids is 1. The normalized spacial score (nSPS) is 24.8. The maximum absolute atomic E-state index is 11.8. The van der Waals surface area contributed by atoms with Crippen molar-refractivity contribution in [2.24, 2.45) is 5.92 Å². The summed E-state index contributed by atoms with van der Waals surface area (Å²) in [4.78, 5) is 11.8. The van der Waals surface area contributed by atoms with E-state index in [4.69, 9.17) is 4.74 Å². The van der Waals surface area contributed by atoms with Crippen LogP contribution in [-0.2, 0) is 9.53 Å². The molecule has 2 atom stereocenters. The number of ketones is 1. The van der Waals surface area contributed by atoms with Gasteiger partial charge in [-0.2, -0.15) is 0 Å². The van der Waals surface area contributed by atoms with Crippen LogP contribution in [0.2, 0.25) is 0 Å². The van der Waals surface area contributed by atoms with E-state index in [1.165, 1.54) is 11.1 Å². The van der Waals surface area contributed by atoms with Crippen LogP contribution in [0.1, 0.15) is 25.8 Å². The van der Waals surface area contributed by atoms with Crippen LogP contribution >= 0.6 is 0 Å². The maximum Gasteiger partial charge on any atom is 0.159 e. The van der Waals surface area contributed by atoms with Gasteiger partial charge < -0.3 is 4.74 Å². The van der Waals surface area contributed by atoms with Crippen molar-refractivity contribution in [3.63, 3.8) is 0 Å². The van der Waals surface area contributed by atoms with Crippen LogP contribution in [-0.4, -0.2) is 11.9 Å². The highest BCUT2D eigenvalue weighted by Gasteiger charge is 2.32. The van der Waals surface area contributed by atoms with Crippen molar-refractivity contribution in [3.8, 4) is 0 Å². The summed E-state index contributed by atoms with van der Waals surface area (Å²) in [6.45, 7) is 3.52. The molecular weight excluding hydrogens is 248 g/mol. The van der Waals surface area contributed by atoms with E-state index < -0.39 is 0 Å². The molecule has 0 N–H and O–H groups in total. The van der Waals surface area contributed by atoms with E-state index in [0.717, 1.165) is 17.8 Å². The number of benzene rings is 1. The quantitative estimate of drug-likeness (QED) is 0.811. The second-order valence-electron chi connectivity index (χ2n) is 5.35. The summed E-state index contributed by atoms with van der Waals surface area (Å²) in [6.07, 6.45) is 7.14. The van der Waals surface area contributed by atoms with Gasteiger partial charge in [0.2, 0.25) is 0 Å². The standard InChI is InChI=1S/C18H18O2/c1-12(19)18-13(2)20-17-11-15(18)9-6-10-16(17)14-7-4-3-5-8-14/h3-10,15,17H,11H2,1-2H3/t15-,17-/m1/s1. The van der Waals surface area contributed by atoms with Crippen LogP contribution in [0.5, 0.6) is 0 Å². The van der Waals surface area contributed by atoms with Crippen molar-refractivity contribution in [3.05, 3.63) is 65.5 Å². The monoisotopic (exact) mass is 266 g/mol. The first-order valence-corrected chi connectivity index (χ1v) is 6.99. The summed E-state index contributed by atoms with van der Waals surface area (Å²) in [5, 5.41) is 0. The molecule has 0 saturated carbocycles. The van der Waals surface area contributed by atoms with E-state index in [9.17, 15) is 4.79 Å². The van der Waals surface area contributed by atoms with Crippen molar-refractivity contribution < 1.29 is 9.53 Å². The topological polar surface area (TPSA) is 26.3 Å². The van der Waals surface area contributed by atoms with E-state index >= 15 is 0 Å². The number of ether oxygens (including phenoxy) is 1. The molecule has 0 unspecified atom stereocenters. The molecule has 102 valence electrons. The third kappa shape index (κ3) is 2.22. The van der Waals surface area contributed by atoms with Gasteiger partial charge in [-0.1, -0.05) is 48.6 Å². The number of Topliss-reactive ketones (excluding diaryl/α,β-unsaturated/α-hetero) is 1. The molecule has 0 radical (unpaired) electrons. The second kappa shape index (κ2) is 5.12. The minimum Gasteiger partial charge on any atom is -0.490 e. The molecule has 0 aromatic heterocycles. The Kier molecular flexibility index (Phi) is 3.31. The Morgan fingerprint density at radius 1 is 1.25 bits per heavy atom. The average Bonchev–Trinajstić information content (AvgIpc) is 2.59. The number of hydrogen-bond acceptors (Lipinski definition) is 2. The minimum atomic E-state index is 0.0282. The Bertz CT molecular complexity index is 620. The highest BCUT2D eigenvalue weighted by Crippen LogP contribution is 2.38. The summed E-state index contributed by atoms with van der Waals surface area (Å²) in [7, 11) is 0. The molecule has 1 heterocycles. The van der Waals surface area contributed by atoms with Crippen LogP contribution in [0.25, 0.3) is 5.57 Å². The van der Waals surface area contributed by atoms with Gasteiger partial charge in [0.05, 0.1) is 0 Å². The lowest BCUT2D eigenvalue weighted by molar-refractivity contribution is -0.114. The van der Waals surface area contributed by atoms with E-state index in [-0.39, 0.29) is 17.8 Å². The van der Waals surface area contributed by atoms with Gasteiger partial charge in [0.1, 0.15) is 11.9 Å². The molecular formula is C18H18O2. The van der Waals surface area contributed by atoms with Crippen molar-refractivity contribution in [2.45, 2.75) is 26.4 Å².